The third kappa shape index (κ3) is 4.20. The number of amides is 1. The summed E-state index contributed by atoms with van der Waals surface area (Å²) >= 11 is 7.13. The first-order chi connectivity index (χ1) is 13.7. The molecule has 0 saturated heterocycles. The highest BCUT2D eigenvalue weighted by Gasteiger charge is 2.21. The van der Waals surface area contributed by atoms with Crippen LogP contribution in [0.2, 0.25) is 5.02 Å². The molecule has 0 spiro atoms. The lowest BCUT2D eigenvalue weighted by Crippen LogP contribution is -2.22. The van der Waals surface area contributed by atoms with Gasteiger partial charge >= 0.3 is 5.97 Å². The number of aryl methyl sites for hydroxylation is 2. The number of nitro benzene ring substituents is 1. The van der Waals surface area contributed by atoms with Crippen LogP contribution in [0.1, 0.15) is 21.5 Å². The number of benzene rings is 2. The normalized spacial score (nSPS) is 11.7. The van der Waals surface area contributed by atoms with Crippen LogP contribution in [0, 0.1) is 24.0 Å². The Labute approximate surface area is 174 Å². The van der Waals surface area contributed by atoms with E-state index in [1.165, 1.54) is 30.6 Å². The van der Waals surface area contributed by atoms with Crippen LogP contribution in [-0.2, 0) is 16.1 Å². The molecular formula is C19H16ClN3O5S. The molecule has 0 saturated carbocycles. The number of nitro groups is 1. The molecule has 0 atom stereocenters. The number of fused-ring (bicyclic) bond motifs is 1. The molecule has 0 unspecified atom stereocenters. The number of rotatable bonds is 4. The molecule has 0 aliphatic rings. The highest BCUT2D eigenvalue weighted by Crippen LogP contribution is 2.25. The number of halogens is 1. The fourth-order valence-corrected chi connectivity index (χ4v) is 4.18. The van der Waals surface area contributed by atoms with Crippen LogP contribution in [-0.4, -0.2) is 28.5 Å². The van der Waals surface area contributed by atoms with Gasteiger partial charge in [-0.3, -0.25) is 19.7 Å². The second-order valence-corrected chi connectivity index (χ2v) is 7.73. The van der Waals surface area contributed by atoms with E-state index in [1.807, 2.05) is 26.0 Å². The fraction of sp³-hybridized carbons (Fsp3) is 0.211. The topological polar surface area (TPSA) is 104 Å². The molecule has 3 aromatic rings. The zero-order chi connectivity index (χ0) is 21.3. The Morgan fingerprint density at radius 1 is 1.28 bits per heavy atom. The van der Waals surface area contributed by atoms with E-state index in [-0.39, 0.29) is 21.9 Å². The maximum atomic E-state index is 12.8. The lowest BCUT2D eigenvalue weighted by atomic mass is 10.1. The smallest absolute Gasteiger partial charge is 0.325 e. The average molecular weight is 434 g/mol. The summed E-state index contributed by atoms with van der Waals surface area (Å²) in [7, 11) is 1.27. The molecule has 2 aromatic carbocycles. The Hall–Kier alpha value is -3.04. The molecule has 0 aliphatic heterocycles. The highest BCUT2D eigenvalue weighted by molar-refractivity contribution is 7.16. The predicted octanol–water partition coefficient (Wildman–Crippen LogP) is 3.80. The minimum atomic E-state index is -0.821. The number of thiazole rings is 1. The summed E-state index contributed by atoms with van der Waals surface area (Å²) in [5.74, 6) is -1.33. The molecule has 150 valence electrons. The number of ether oxygens (including phenoxy) is 1. The van der Waals surface area contributed by atoms with Gasteiger partial charge in [0.1, 0.15) is 12.1 Å². The Kier molecular flexibility index (Phi) is 5.81. The summed E-state index contributed by atoms with van der Waals surface area (Å²) in [6.07, 6.45) is 0. The Morgan fingerprint density at radius 2 is 2.00 bits per heavy atom. The van der Waals surface area contributed by atoms with E-state index in [4.69, 9.17) is 16.3 Å². The minimum Gasteiger partial charge on any atom is -0.468 e. The van der Waals surface area contributed by atoms with Crippen LogP contribution in [0.4, 0.5) is 5.69 Å². The number of esters is 1. The van der Waals surface area contributed by atoms with E-state index in [1.54, 1.807) is 4.57 Å². The van der Waals surface area contributed by atoms with E-state index in [0.717, 1.165) is 27.4 Å². The largest absolute Gasteiger partial charge is 0.468 e. The quantitative estimate of drug-likeness (QED) is 0.353. The van der Waals surface area contributed by atoms with Gasteiger partial charge in [-0.05, 0) is 43.2 Å². The second-order valence-electron chi connectivity index (χ2n) is 6.31. The SMILES string of the molecule is COC(=O)Cn1c(=NC(=O)c2cc(Cl)ccc2[N+](=O)[O-])sc2c(C)cc(C)cc21. The van der Waals surface area contributed by atoms with Crippen molar-refractivity contribution in [2.45, 2.75) is 20.4 Å². The molecule has 8 nitrogen and oxygen atoms in total. The van der Waals surface area contributed by atoms with Gasteiger partial charge in [0.2, 0.25) is 0 Å². The fourth-order valence-electron chi connectivity index (χ4n) is 2.93. The van der Waals surface area contributed by atoms with Crippen molar-refractivity contribution in [1.82, 2.24) is 4.57 Å². The molecule has 0 fully saturated rings. The number of hydrogen-bond acceptors (Lipinski definition) is 6. The summed E-state index contributed by atoms with van der Waals surface area (Å²) in [6, 6.07) is 7.56. The minimum absolute atomic E-state index is 0.150. The van der Waals surface area contributed by atoms with Crippen LogP contribution in [0.5, 0.6) is 0 Å². The summed E-state index contributed by atoms with van der Waals surface area (Å²) in [5, 5.41) is 11.4. The van der Waals surface area contributed by atoms with Crippen molar-refractivity contribution in [3.8, 4) is 0 Å². The van der Waals surface area contributed by atoms with Gasteiger partial charge in [-0.25, -0.2) is 0 Å². The van der Waals surface area contributed by atoms with Crippen LogP contribution in [0.15, 0.2) is 35.3 Å². The Bertz CT molecular complexity index is 1230. The third-order valence-corrected chi connectivity index (χ3v) is 5.68. The summed E-state index contributed by atoms with van der Waals surface area (Å²) in [5.41, 5.74) is 2.05. The molecule has 0 aliphatic carbocycles. The molecule has 1 aromatic heterocycles. The van der Waals surface area contributed by atoms with Crippen molar-refractivity contribution in [3.05, 3.63) is 67.0 Å². The van der Waals surface area contributed by atoms with E-state index in [2.05, 4.69) is 4.99 Å². The highest BCUT2D eigenvalue weighted by atomic mass is 35.5. The van der Waals surface area contributed by atoms with Crippen molar-refractivity contribution in [3.63, 3.8) is 0 Å². The number of carbonyl (C=O) groups excluding carboxylic acids is 2. The third-order valence-electron chi connectivity index (χ3n) is 4.21. The molecular weight excluding hydrogens is 418 g/mol. The van der Waals surface area contributed by atoms with Crippen molar-refractivity contribution in [1.29, 1.82) is 0 Å². The number of carbonyl (C=O) groups is 2. The van der Waals surface area contributed by atoms with Gasteiger partial charge in [-0.2, -0.15) is 4.99 Å². The standard InChI is InChI=1S/C19H16ClN3O5S/c1-10-6-11(2)17-15(7-10)22(9-16(24)28-3)19(29-17)21-18(25)13-8-12(20)4-5-14(13)23(26)27/h4-8H,9H2,1-3H3. The number of nitrogens with zero attached hydrogens (tertiary/aromatic N) is 3. The monoisotopic (exact) mass is 433 g/mol. The van der Waals surface area contributed by atoms with Gasteiger partial charge in [-0.15, -0.1) is 0 Å². The zero-order valence-corrected chi connectivity index (χ0v) is 17.3. The molecule has 1 heterocycles. The number of aromatic nitrogens is 1. The van der Waals surface area contributed by atoms with E-state index in [0.29, 0.717) is 0 Å². The van der Waals surface area contributed by atoms with Gasteiger partial charge in [-0.1, -0.05) is 29.0 Å². The van der Waals surface area contributed by atoms with Gasteiger partial charge in [0.05, 0.1) is 22.2 Å². The van der Waals surface area contributed by atoms with Crippen molar-refractivity contribution in [2.24, 2.45) is 4.99 Å². The van der Waals surface area contributed by atoms with Crippen LogP contribution in [0.25, 0.3) is 10.2 Å². The number of hydrogen-bond donors (Lipinski definition) is 0. The van der Waals surface area contributed by atoms with Gasteiger partial charge in [0, 0.05) is 11.1 Å². The molecule has 1 amide bonds. The average Bonchev–Trinajstić information content (AvgIpc) is 2.98. The van der Waals surface area contributed by atoms with Crippen molar-refractivity contribution >= 4 is 50.7 Å². The summed E-state index contributed by atoms with van der Waals surface area (Å²) < 4.78 is 7.18. The van der Waals surface area contributed by atoms with E-state index >= 15 is 0 Å². The van der Waals surface area contributed by atoms with Crippen LogP contribution < -0.4 is 4.80 Å². The van der Waals surface area contributed by atoms with E-state index < -0.39 is 22.5 Å². The second kappa shape index (κ2) is 8.14. The summed E-state index contributed by atoms with van der Waals surface area (Å²) in [4.78, 5) is 39.6. The first-order valence-corrected chi connectivity index (χ1v) is 9.61. The first kappa shape index (κ1) is 20.7. The molecule has 3 rings (SSSR count). The van der Waals surface area contributed by atoms with Crippen molar-refractivity contribution in [2.75, 3.05) is 7.11 Å². The molecule has 29 heavy (non-hydrogen) atoms. The Balaban J connectivity index is 2.25. The number of methoxy groups -OCH3 is 1. The van der Waals surface area contributed by atoms with E-state index in [9.17, 15) is 19.7 Å². The maximum absolute atomic E-state index is 12.8. The lowest BCUT2D eigenvalue weighted by molar-refractivity contribution is -0.385. The molecule has 0 bridgehead atoms. The molecule has 0 N–H and O–H groups in total. The zero-order valence-electron chi connectivity index (χ0n) is 15.8. The summed E-state index contributed by atoms with van der Waals surface area (Å²) in [6.45, 7) is 3.69. The van der Waals surface area contributed by atoms with Crippen LogP contribution in [0.3, 0.4) is 0 Å². The Morgan fingerprint density at radius 3 is 2.66 bits per heavy atom. The lowest BCUT2D eigenvalue weighted by Gasteiger charge is -2.05. The van der Waals surface area contributed by atoms with Gasteiger partial charge in [0.15, 0.2) is 4.80 Å². The molecule has 0 radical (unpaired) electrons. The molecule has 10 heteroatoms. The van der Waals surface area contributed by atoms with Crippen LogP contribution >= 0.6 is 22.9 Å². The van der Waals surface area contributed by atoms with Gasteiger partial charge < -0.3 is 9.30 Å². The first-order valence-electron chi connectivity index (χ1n) is 8.41. The van der Waals surface area contributed by atoms with Crippen molar-refractivity contribution < 1.29 is 19.2 Å². The predicted molar refractivity (Wildman–Crippen MR) is 109 cm³/mol. The maximum Gasteiger partial charge on any atom is 0.325 e. The van der Waals surface area contributed by atoms with Gasteiger partial charge in [0.25, 0.3) is 11.6 Å².